The van der Waals surface area contributed by atoms with Gasteiger partial charge in [0.15, 0.2) is 5.78 Å². The van der Waals surface area contributed by atoms with Crippen molar-refractivity contribution < 1.29 is 14.0 Å². The van der Waals surface area contributed by atoms with Crippen molar-refractivity contribution in [3.05, 3.63) is 36.1 Å². The van der Waals surface area contributed by atoms with Crippen molar-refractivity contribution in [2.45, 2.75) is 0 Å². The number of nitrogens with zero attached hydrogens (tertiary/aromatic N) is 2. The summed E-state index contributed by atoms with van der Waals surface area (Å²) in [5, 5.41) is 0.831. The molecule has 0 N–H and O–H groups in total. The number of fused-ring (bicyclic) bond motifs is 1. The number of benzene rings is 1. The van der Waals surface area contributed by atoms with E-state index in [-0.39, 0.29) is 18.2 Å². The van der Waals surface area contributed by atoms with Gasteiger partial charge in [0.05, 0.1) is 18.7 Å². The van der Waals surface area contributed by atoms with Crippen LogP contribution in [0.15, 0.2) is 34.9 Å². The topological polar surface area (TPSA) is 53.8 Å². The van der Waals surface area contributed by atoms with Crippen LogP contribution in [0, 0.1) is 0 Å². The first-order chi connectivity index (χ1) is 9.65. The molecule has 2 heterocycles. The summed E-state index contributed by atoms with van der Waals surface area (Å²) in [6, 6.07) is 7.47. The highest BCUT2D eigenvalue weighted by Crippen LogP contribution is 2.21. The van der Waals surface area contributed by atoms with E-state index in [4.69, 9.17) is 4.42 Å². The molecule has 0 radical (unpaired) electrons. The fraction of sp³-hybridized carbons (Fsp3) is 0.333. The molecule has 5 nitrogen and oxygen atoms in total. The number of furan rings is 1. The Bertz CT molecular complexity index is 662. The summed E-state index contributed by atoms with van der Waals surface area (Å²) in [5.41, 5.74) is 1.30. The molecule has 3 rings (SSSR count). The Labute approximate surface area is 116 Å². The summed E-state index contributed by atoms with van der Waals surface area (Å²) < 4.78 is 5.38. The van der Waals surface area contributed by atoms with Crippen molar-refractivity contribution in [3.63, 3.8) is 0 Å². The molecule has 104 valence electrons. The third-order valence-electron chi connectivity index (χ3n) is 3.68. The number of piperazine rings is 1. The van der Waals surface area contributed by atoms with Crippen molar-refractivity contribution in [1.82, 2.24) is 9.80 Å². The highest BCUT2D eigenvalue weighted by Gasteiger charge is 2.24. The summed E-state index contributed by atoms with van der Waals surface area (Å²) in [4.78, 5) is 27.6. The quantitative estimate of drug-likeness (QED) is 0.792. The maximum Gasteiger partial charge on any atom is 0.236 e. The minimum atomic E-state index is -0.00713. The van der Waals surface area contributed by atoms with Gasteiger partial charge in [-0.15, -0.1) is 0 Å². The summed E-state index contributed by atoms with van der Waals surface area (Å²) >= 11 is 0. The lowest BCUT2D eigenvalue weighted by Gasteiger charge is -2.31. The van der Waals surface area contributed by atoms with Crippen molar-refractivity contribution in [1.29, 1.82) is 0 Å². The summed E-state index contributed by atoms with van der Waals surface area (Å²) in [5.74, 6) is 0.0494. The number of carbonyl (C=O) groups is 2. The zero-order valence-electron chi connectivity index (χ0n) is 11.3. The van der Waals surface area contributed by atoms with Gasteiger partial charge in [-0.05, 0) is 6.07 Å². The molecule has 20 heavy (non-hydrogen) atoms. The average Bonchev–Trinajstić information content (AvgIpc) is 2.87. The Morgan fingerprint density at radius 3 is 2.90 bits per heavy atom. The molecular weight excluding hydrogens is 256 g/mol. The highest BCUT2D eigenvalue weighted by molar-refractivity contribution is 6.08. The number of hydrogen-bond donors (Lipinski definition) is 0. The number of likely N-dealkylation sites (N-methyl/N-ethyl adjacent to an activating group) is 1. The smallest absolute Gasteiger partial charge is 0.236 e. The molecule has 0 saturated carbocycles. The van der Waals surface area contributed by atoms with Gasteiger partial charge in [0, 0.05) is 25.5 Å². The minimum Gasteiger partial charge on any atom is -0.464 e. The Morgan fingerprint density at radius 1 is 1.30 bits per heavy atom. The molecule has 0 atom stereocenters. The highest BCUT2D eigenvalue weighted by atomic mass is 16.3. The van der Waals surface area contributed by atoms with Crippen LogP contribution in [0.1, 0.15) is 10.4 Å². The fourth-order valence-electron chi connectivity index (χ4n) is 2.42. The van der Waals surface area contributed by atoms with Crippen LogP contribution < -0.4 is 0 Å². The average molecular weight is 272 g/mol. The summed E-state index contributed by atoms with van der Waals surface area (Å²) in [6.07, 6.45) is 1.50. The van der Waals surface area contributed by atoms with E-state index in [1.807, 2.05) is 29.2 Å². The lowest BCUT2D eigenvalue weighted by Crippen LogP contribution is -2.49. The Balaban J connectivity index is 1.75. The molecule has 2 aromatic rings. The van der Waals surface area contributed by atoms with E-state index in [1.165, 1.54) is 6.26 Å². The normalized spacial score (nSPS) is 16.9. The lowest BCUT2D eigenvalue weighted by atomic mass is 10.1. The molecule has 1 amide bonds. The number of rotatable bonds is 3. The van der Waals surface area contributed by atoms with Crippen LogP contribution in [0.4, 0.5) is 0 Å². The van der Waals surface area contributed by atoms with Gasteiger partial charge in [-0.3, -0.25) is 14.5 Å². The van der Waals surface area contributed by atoms with Gasteiger partial charge in [0.2, 0.25) is 5.91 Å². The molecule has 1 aromatic heterocycles. The van der Waals surface area contributed by atoms with E-state index in [1.54, 1.807) is 11.9 Å². The van der Waals surface area contributed by atoms with Gasteiger partial charge in [0.1, 0.15) is 11.8 Å². The molecule has 0 bridgehead atoms. The molecule has 1 aromatic carbocycles. The molecule has 0 spiro atoms. The third-order valence-corrected chi connectivity index (χ3v) is 3.68. The summed E-state index contributed by atoms with van der Waals surface area (Å²) in [6.45, 7) is 1.95. The zero-order chi connectivity index (χ0) is 14.1. The number of ketones is 1. The first-order valence-electron chi connectivity index (χ1n) is 6.61. The van der Waals surface area contributed by atoms with E-state index in [2.05, 4.69) is 0 Å². The van der Waals surface area contributed by atoms with Crippen molar-refractivity contribution in [2.24, 2.45) is 0 Å². The second-order valence-corrected chi connectivity index (χ2v) is 5.09. The van der Waals surface area contributed by atoms with E-state index < -0.39 is 0 Å². The first-order valence-corrected chi connectivity index (χ1v) is 6.61. The van der Waals surface area contributed by atoms with Crippen LogP contribution in [0.5, 0.6) is 0 Å². The molecule has 1 aliphatic heterocycles. The van der Waals surface area contributed by atoms with E-state index >= 15 is 0 Å². The van der Waals surface area contributed by atoms with Gasteiger partial charge < -0.3 is 9.32 Å². The molecular formula is C15H16N2O3. The van der Waals surface area contributed by atoms with Gasteiger partial charge >= 0.3 is 0 Å². The van der Waals surface area contributed by atoms with E-state index in [0.717, 1.165) is 11.9 Å². The molecule has 1 fully saturated rings. The van der Waals surface area contributed by atoms with Gasteiger partial charge in [0.25, 0.3) is 0 Å². The number of hydrogen-bond acceptors (Lipinski definition) is 4. The SMILES string of the molecule is CN1CCN(CC(=O)c2coc3ccccc23)CC1=O. The third kappa shape index (κ3) is 2.32. The fourth-order valence-corrected chi connectivity index (χ4v) is 2.42. The molecule has 0 unspecified atom stereocenters. The van der Waals surface area contributed by atoms with Crippen molar-refractivity contribution in [3.8, 4) is 0 Å². The van der Waals surface area contributed by atoms with Crippen LogP contribution >= 0.6 is 0 Å². The maximum absolute atomic E-state index is 12.3. The summed E-state index contributed by atoms with van der Waals surface area (Å²) in [7, 11) is 1.78. The van der Waals surface area contributed by atoms with Crippen LogP contribution in [0.3, 0.4) is 0 Å². The van der Waals surface area contributed by atoms with Crippen LogP contribution in [-0.4, -0.2) is 54.7 Å². The number of amides is 1. The minimum absolute atomic E-state index is 0.00713. The molecule has 0 aliphatic carbocycles. The second kappa shape index (κ2) is 5.09. The van der Waals surface area contributed by atoms with Crippen molar-refractivity contribution >= 4 is 22.7 Å². The predicted molar refractivity (Wildman–Crippen MR) is 74.6 cm³/mol. The zero-order valence-corrected chi connectivity index (χ0v) is 11.3. The monoisotopic (exact) mass is 272 g/mol. The molecule has 5 heteroatoms. The first kappa shape index (κ1) is 12.9. The van der Waals surface area contributed by atoms with E-state index in [9.17, 15) is 9.59 Å². The van der Waals surface area contributed by atoms with Gasteiger partial charge in [-0.1, -0.05) is 18.2 Å². The lowest BCUT2D eigenvalue weighted by molar-refractivity contribution is -0.134. The van der Waals surface area contributed by atoms with E-state index in [0.29, 0.717) is 24.2 Å². The molecule has 1 aliphatic rings. The van der Waals surface area contributed by atoms with Gasteiger partial charge in [-0.25, -0.2) is 0 Å². The maximum atomic E-state index is 12.3. The predicted octanol–water partition coefficient (Wildman–Crippen LogP) is 1.39. The van der Waals surface area contributed by atoms with Gasteiger partial charge in [-0.2, -0.15) is 0 Å². The Morgan fingerprint density at radius 2 is 2.10 bits per heavy atom. The van der Waals surface area contributed by atoms with Crippen molar-refractivity contribution in [2.75, 3.05) is 33.2 Å². The van der Waals surface area contributed by atoms with Crippen LogP contribution in [-0.2, 0) is 4.79 Å². The number of para-hydroxylation sites is 1. The molecule has 1 saturated heterocycles. The number of carbonyl (C=O) groups excluding carboxylic acids is 2. The largest absolute Gasteiger partial charge is 0.464 e. The Kier molecular flexibility index (Phi) is 3.28. The Hall–Kier alpha value is -2.14. The van der Waals surface area contributed by atoms with Crippen LogP contribution in [0.2, 0.25) is 0 Å². The second-order valence-electron chi connectivity index (χ2n) is 5.09. The standard InChI is InChI=1S/C15H16N2O3/c1-16-6-7-17(9-15(16)19)8-13(18)12-10-20-14-5-3-2-4-11(12)14/h2-5,10H,6-9H2,1H3. The van der Waals surface area contributed by atoms with Crippen LogP contribution in [0.25, 0.3) is 11.0 Å². The number of Topliss-reactive ketones (excluding diaryl/α,β-unsaturated/α-hetero) is 1.